The van der Waals surface area contributed by atoms with Crippen LogP contribution in [0.25, 0.3) is 0 Å². The van der Waals surface area contributed by atoms with Crippen molar-refractivity contribution in [2.45, 2.75) is 32.1 Å². The highest BCUT2D eigenvalue weighted by Gasteiger charge is 2.12. The van der Waals surface area contributed by atoms with Crippen molar-refractivity contribution in [1.29, 1.82) is 0 Å². The fourth-order valence-electron chi connectivity index (χ4n) is 2.45. The van der Waals surface area contributed by atoms with Gasteiger partial charge in [-0.3, -0.25) is 0 Å². The standard InChI is InChI=1S/C19H23BrClNO2/c1-2-19(14-7-9-16(20)10-8-14)22-11-17(23)13-24-12-15-5-3-4-6-18(15)21/h3-10,17,19,22-23H,2,11-13H2,1H3/t17-,19-/m0/s1. The van der Waals surface area contributed by atoms with E-state index in [4.69, 9.17) is 16.3 Å². The number of halogens is 2. The molecule has 0 aliphatic heterocycles. The lowest BCUT2D eigenvalue weighted by molar-refractivity contribution is 0.0275. The minimum absolute atomic E-state index is 0.219. The van der Waals surface area contributed by atoms with Crippen LogP contribution in [0.2, 0.25) is 5.02 Å². The van der Waals surface area contributed by atoms with Crippen molar-refractivity contribution in [2.24, 2.45) is 0 Å². The minimum atomic E-state index is -0.558. The van der Waals surface area contributed by atoms with Gasteiger partial charge in [-0.05, 0) is 35.7 Å². The maximum absolute atomic E-state index is 10.1. The second-order valence-electron chi connectivity index (χ2n) is 5.68. The molecule has 0 aliphatic carbocycles. The second-order valence-corrected chi connectivity index (χ2v) is 7.00. The van der Waals surface area contributed by atoms with Crippen LogP contribution in [0.15, 0.2) is 53.0 Å². The summed E-state index contributed by atoms with van der Waals surface area (Å²) in [6.07, 6.45) is 0.395. The number of rotatable bonds is 9. The quantitative estimate of drug-likeness (QED) is 0.626. The molecule has 24 heavy (non-hydrogen) atoms. The maximum Gasteiger partial charge on any atom is 0.0898 e. The normalized spacial score (nSPS) is 13.7. The zero-order chi connectivity index (χ0) is 17.4. The molecule has 0 saturated carbocycles. The molecule has 0 unspecified atom stereocenters. The summed E-state index contributed by atoms with van der Waals surface area (Å²) < 4.78 is 6.63. The third-order valence-electron chi connectivity index (χ3n) is 3.81. The highest BCUT2D eigenvalue weighted by Crippen LogP contribution is 2.19. The van der Waals surface area contributed by atoms with Crippen molar-refractivity contribution in [1.82, 2.24) is 5.32 Å². The Hall–Kier alpha value is -0.910. The molecule has 2 aromatic carbocycles. The van der Waals surface area contributed by atoms with Gasteiger partial charge in [0.2, 0.25) is 0 Å². The monoisotopic (exact) mass is 411 g/mol. The Bertz CT molecular complexity index is 621. The number of aliphatic hydroxyl groups excluding tert-OH is 1. The summed E-state index contributed by atoms with van der Waals surface area (Å²) in [6, 6.07) is 16.0. The summed E-state index contributed by atoms with van der Waals surface area (Å²) in [5, 5.41) is 14.2. The molecule has 2 N–H and O–H groups in total. The molecule has 0 aromatic heterocycles. The van der Waals surface area contributed by atoms with E-state index in [1.807, 2.05) is 36.4 Å². The van der Waals surface area contributed by atoms with Crippen LogP contribution in [0.1, 0.15) is 30.5 Å². The lowest BCUT2D eigenvalue weighted by Crippen LogP contribution is -2.33. The molecule has 0 bridgehead atoms. The smallest absolute Gasteiger partial charge is 0.0898 e. The SMILES string of the molecule is CC[C@H](NC[C@H](O)COCc1ccccc1Cl)c1ccc(Br)cc1. The van der Waals surface area contributed by atoms with Crippen LogP contribution in [0.4, 0.5) is 0 Å². The van der Waals surface area contributed by atoms with Crippen molar-refractivity contribution in [3.8, 4) is 0 Å². The van der Waals surface area contributed by atoms with Gasteiger partial charge in [0.15, 0.2) is 0 Å². The van der Waals surface area contributed by atoms with Gasteiger partial charge in [0, 0.05) is 22.1 Å². The first-order valence-corrected chi connectivity index (χ1v) is 9.25. The van der Waals surface area contributed by atoms with Gasteiger partial charge in [-0.15, -0.1) is 0 Å². The Morgan fingerprint density at radius 1 is 1.17 bits per heavy atom. The van der Waals surface area contributed by atoms with Gasteiger partial charge in [-0.1, -0.05) is 64.8 Å². The number of hydrogen-bond donors (Lipinski definition) is 2. The van der Waals surface area contributed by atoms with Crippen LogP contribution in [0.3, 0.4) is 0 Å². The predicted molar refractivity (Wildman–Crippen MR) is 102 cm³/mol. The van der Waals surface area contributed by atoms with Gasteiger partial charge in [-0.25, -0.2) is 0 Å². The zero-order valence-corrected chi connectivity index (χ0v) is 16.1. The first-order valence-electron chi connectivity index (χ1n) is 8.08. The van der Waals surface area contributed by atoms with E-state index in [1.54, 1.807) is 0 Å². The van der Waals surface area contributed by atoms with Crippen LogP contribution in [-0.2, 0) is 11.3 Å². The summed E-state index contributed by atoms with van der Waals surface area (Å²) in [6.45, 7) is 3.28. The first kappa shape index (κ1) is 19.4. The second kappa shape index (κ2) is 10.2. The Morgan fingerprint density at radius 3 is 2.54 bits per heavy atom. The number of hydrogen-bond acceptors (Lipinski definition) is 3. The van der Waals surface area contributed by atoms with Crippen molar-refractivity contribution < 1.29 is 9.84 Å². The number of benzene rings is 2. The Balaban J connectivity index is 1.74. The van der Waals surface area contributed by atoms with Crippen LogP contribution >= 0.6 is 27.5 Å². The van der Waals surface area contributed by atoms with E-state index in [1.165, 1.54) is 5.56 Å². The fraction of sp³-hybridized carbons (Fsp3) is 0.368. The van der Waals surface area contributed by atoms with Crippen molar-refractivity contribution >= 4 is 27.5 Å². The van der Waals surface area contributed by atoms with E-state index in [9.17, 15) is 5.11 Å². The highest BCUT2D eigenvalue weighted by atomic mass is 79.9. The summed E-state index contributed by atoms with van der Waals surface area (Å²) in [5.41, 5.74) is 2.14. The molecule has 3 nitrogen and oxygen atoms in total. The van der Waals surface area contributed by atoms with Crippen LogP contribution < -0.4 is 5.32 Å². The maximum atomic E-state index is 10.1. The van der Waals surface area contributed by atoms with Gasteiger partial charge < -0.3 is 15.2 Å². The molecule has 0 radical (unpaired) electrons. The number of ether oxygens (including phenoxy) is 1. The van der Waals surface area contributed by atoms with E-state index in [0.717, 1.165) is 16.5 Å². The third-order valence-corrected chi connectivity index (χ3v) is 4.70. The predicted octanol–water partition coefficient (Wildman–Crippen LogP) is 4.72. The molecular weight excluding hydrogens is 390 g/mol. The van der Waals surface area contributed by atoms with Crippen molar-refractivity contribution in [3.63, 3.8) is 0 Å². The fourth-order valence-corrected chi connectivity index (χ4v) is 2.91. The van der Waals surface area contributed by atoms with E-state index in [-0.39, 0.29) is 12.6 Å². The molecule has 130 valence electrons. The van der Waals surface area contributed by atoms with E-state index in [0.29, 0.717) is 18.2 Å². The van der Waals surface area contributed by atoms with Gasteiger partial charge >= 0.3 is 0 Å². The van der Waals surface area contributed by atoms with Gasteiger partial charge in [0.1, 0.15) is 0 Å². The van der Waals surface area contributed by atoms with Gasteiger partial charge in [0.25, 0.3) is 0 Å². The number of nitrogens with one attached hydrogen (secondary N) is 1. The van der Waals surface area contributed by atoms with Gasteiger partial charge in [-0.2, -0.15) is 0 Å². The Labute approximate surface area is 157 Å². The molecule has 5 heteroatoms. The molecule has 0 fully saturated rings. The molecule has 2 rings (SSSR count). The topological polar surface area (TPSA) is 41.5 Å². The highest BCUT2D eigenvalue weighted by molar-refractivity contribution is 9.10. The van der Waals surface area contributed by atoms with Crippen molar-refractivity contribution in [3.05, 3.63) is 69.2 Å². The van der Waals surface area contributed by atoms with Crippen LogP contribution in [0.5, 0.6) is 0 Å². The molecular formula is C19H23BrClNO2. The van der Waals surface area contributed by atoms with E-state index in [2.05, 4.69) is 40.3 Å². The van der Waals surface area contributed by atoms with Crippen LogP contribution in [0, 0.1) is 0 Å². The summed E-state index contributed by atoms with van der Waals surface area (Å²) >= 11 is 9.53. The lowest BCUT2D eigenvalue weighted by atomic mass is 10.0. The average Bonchev–Trinajstić information content (AvgIpc) is 2.58. The molecule has 0 amide bonds. The third kappa shape index (κ3) is 6.19. The Morgan fingerprint density at radius 2 is 1.88 bits per heavy atom. The minimum Gasteiger partial charge on any atom is -0.389 e. The average molecular weight is 413 g/mol. The van der Waals surface area contributed by atoms with Gasteiger partial charge in [0.05, 0.1) is 19.3 Å². The summed E-state index contributed by atoms with van der Waals surface area (Å²) in [4.78, 5) is 0. The molecule has 0 heterocycles. The van der Waals surface area contributed by atoms with Crippen molar-refractivity contribution in [2.75, 3.05) is 13.2 Å². The van der Waals surface area contributed by atoms with Crippen LogP contribution in [-0.4, -0.2) is 24.4 Å². The van der Waals surface area contributed by atoms with E-state index >= 15 is 0 Å². The molecule has 2 aromatic rings. The molecule has 0 spiro atoms. The molecule has 0 aliphatic rings. The number of aliphatic hydroxyl groups is 1. The first-order chi connectivity index (χ1) is 11.6. The molecule has 2 atom stereocenters. The summed E-state index contributed by atoms with van der Waals surface area (Å²) in [5.74, 6) is 0. The largest absolute Gasteiger partial charge is 0.389 e. The summed E-state index contributed by atoms with van der Waals surface area (Å²) in [7, 11) is 0. The van der Waals surface area contributed by atoms with E-state index < -0.39 is 6.10 Å². The Kier molecular flexibility index (Phi) is 8.22. The zero-order valence-electron chi connectivity index (χ0n) is 13.7. The lowest BCUT2D eigenvalue weighted by Gasteiger charge is -2.20. The molecule has 0 saturated heterocycles.